The molecule has 3 aromatic rings. The minimum atomic E-state index is -0.389. The van der Waals surface area contributed by atoms with Crippen LogP contribution in [-0.2, 0) is 0 Å². The van der Waals surface area contributed by atoms with Gasteiger partial charge in [-0.05, 0) is 35.9 Å². The van der Waals surface area contributed by atoms with Gasteiger partial charge in [0.25, 0.3) is 0 Å². The molecule has 2 heterocycles. The zero-order valence-electron chi connectivity index (χ0n) is 11.5. The Morgan fingerprint density at radius 1 is 1.05 bits per heavy atom. The van der Waals surface area contributed by atoms with E-state index in [0.29, 0.717) is 16.8 Å². The Kier molecular flexibility index (Phi) is 3.50. The molecule has 0 saturated carbocycles. The second-order valence-electron chi connectivity index (χ2n) is 4.64. The van der Waals surface area contributed by atoms with Gasteiger partial charge >= 0.3 is 0 Å². The predicted octanol–water partition coefficient (Wildman–Crippen LogP) is 3.40. The molecule has 2 N–H and O–H groups in total. The van der Waals surface area contributed by atoms with Crippen LogP contribution in [0.15, 0.2) is 54.9 Å². The van der Waals surface area contributed by atoms with Crippen molar-refractivity contribution in [3.8, 4) is 28.5 Å². The number of hydrogen-bond donors (Lipinski definition) is 1. The minimum Gasteiger partial charge on any atom is -0.383 e. The van der Waals surface area contributed by atoms with Crippen molar-refractivity contribution in [3.05, 3.63) is 66.2 Å². The van der Waals surface area contributed by atoms with E-state index in [1.165, 1.54) is 6.07 Å². The largest absolute Gasteiger partial charge is 0.383 e. The number of benzene rings is 1. The summed E-state index contributed by atoms with van der Waals surface area (Å²) in [6, 6.07) is 13.6. The van der Waals surface area contributed by atoms with Gasteiger partial charge in [0.2, 0.25) is 0 Å². The number of rotatable bonds is 2. The lowest BCUT2D eigenvalue weighted by atomic mass is 9.99. The number of pyridine rings is 2. The van der Waals surface area contributed by atoms with Crippen LogP contribution in [0.1, 0.15) is 5.56 Å². The van der Waals surface area contributed by atoms with E-state index in [0.717, 1.165) is 5.56 Å². The lowest BCUT2D eigenvalue weighted by molar-refractivity contribution is 0.631. The molecular formula is C17H11FN4. The maximum atomic E-state index is 14.0. The van der Waals surface area contributed by atoms with Crippen LogP contribution < -0.4 is 5.73 Å². The number of aromatic nitrogens is 2. The monoisotopic (exact) mass is 290 g/mol. The molecule has 0 fully saturated rings. The summed E-state index contributed by atoms with van der Waals surface area (Å²) >= 11 is 0. The fourth-order valence-electron chi connectivity index (χ4n) is 2.25. The Bertz CT molecular complexity index is 870. The highest BCUT2D eigenvalue weighted by Crippen LogP contribution is 2.31. The molecule has 0 amide bonds. The highest BCUT2D eigenvalue weighted by molar-refractivity contribution is 5.80. The normalized spacial score (nSPS) is 10.2. The van der Waals surface area contributed by atoms with E-state index in [9.17, 15) is 9.65 Å². The van der Waals surface area contributed by atoms with E-state index in [4.69, 9.17) is 5.73 Å². The van der Waals surface area contributed by atoms with Gasteiger partial charge in [0, 0.05) is 23.5 Å². The maximum Gasteiger partial charge on any atom is 0.142 e. The third kappa shape index (κ3) is 2.38. The van der Waals surface area contributed by atoms with Crippen molar-refractivity contribution in [3.63, 3.8) is 0 Å². The molecule has 2 aromatic heterocycles. The Balaban J connectivity index is 2.27. The molecule has 0 unspecified atom stereocenters. The van der Waals surface area contributed by atoms with Crippen LogP contribution in [0.5, 0.6) is 0 Å². The van der Waals surface area contributed by atoms with E-state index < -0.39 is 0 Å². The molecule has 0 aliphatic rings. The van der Waals surface area contributed by atoms with Gasteiger partial charge in [-0.25, -0.2) is 9.37 Å². The smallest absolute Gasteiger partial charge is 0.142 e. The van der Waals surface area contributed by atoms with Crippen LogP contribution in [0.2, 0.25) is 0 Å². The zero-order valence-corrected chi connectivity index (χ0v) is 11.5. The van der Waals surface area contributed by atoms with E-state index in [1.54, 1.807) is 48.8 Å². The molecule has 0 radical (unpaired) electrons. The van der Waals surface area contributed by atoms with Gasteiger partial charge in [0.15, 0.2) is 0 Å². The number of nitrogens with zero attached hydrogens (tertiary/aromatic N) is 3. The first kappa shape index (κ1) is 13.7. The summed E-state index contributed by atoms with van der Waals surface area (Å²) < 4.78 is 14.0. The van der Waals surface area contributed by atoms with Gasteiger partial charge in [-0.2, -0.15) is 5.26 Å². The molecule has 0 aliphatic carbocycles. The summed E-state index contributed by atoms with van der Waals surface area (Å²) in [6.45, 7) is 0. The number of nitrogen functional groups attached to an aromatic ring is 1. The summed E-state index contributed by atoms with van der Waals surface area (Å²) in [5.41, 5.74) is 8.27. The van der Waals surface area contributed by atoms with Crippen LogP contribution in [0.4, 0.5) is 10.2 Å². The highest BCUT2D eigenvalue weighted by atomic mass is 19.1. The lowest BCUT2D eigenvalue weighted by Gasteiger charge is -2.10. The Labute approximate surface area is 126 Å². The van der Waals surface area contributed by atoms with Gasteiger partial charge in [-0.15, -0.1) is 0 Å². The van der Waals surface area contributed by atoms with Gasteiger partial charge < -0.3 is 5.73 Å². The van der Waals surface area contributed by atoms with E-state index >= 15 is 0 Å². The molecule has 0 atom stereocenters. The first-order valence-electron chi connectivity index (χ1n) is 6.56. The minimum absolute atomic E-state index is 0.0788. The Morgan fingerprint density at radius 3 is 2.45 bits per heavy atom. The molecule has 1 aromatic carbocycles. The lowest BCUT2D eigenvalue weighted by Crippen LogP contribution is -2.00. The van der Waals surface area contributed by atoms with E-state index in [2.05, 4.69) is 16.0 Å². The third-order valence-corrected chi connectivity index (χ3v) is 3.30. The number of hydrogen-bond acceptors (Lipinski definition) is 4. The van der Waals surface area contributed by atoms with Crippen LogP contribution in [0.3, 0.4) is 0 Å². The second-order valence-corrected chi connectivity index (χ2v) is 4.64. The summed E-state index contributed by atoms with van der Waals surface area (Å²) in [7, 11) is 0. The van der Waals surface area contributed by atoms with Crippen molar-refractivity contribution < 1.29 is 4.39 Å². The summed E-state index contributed by atoms with van der Waals surface area (Å²) in [6.07, 6.45) is 3.24. The van der Waals surface area contributed by atoms with Crippen molar-refractivity contribution >= 4 is 5.82 Å². The van der Waals surface area contributed by atoms with Crippen LogP contribution in [0, 0.1) is 17.1 Å². The van der Waals surface area contributed by atoms with E-state index in [-0.39, 0.29) is 17.2 Å². The average molecular weight is 290 g/mol. The average Bonchev–Trinajstić information content (AvgIpc) is 2.55. The van der Waals surface area contributed by atoms with Crippen molar-refractivity contribution in [1.82, 2.24) is 9.97 Å². The molecule has 0 spiro atoms. The Hall–Kier alpha value is -3.26. The van der Waals surface area contributed by atoms with E-state index in [1.807, 2.05) is 0 Å². The van der Waals surface area contributed by atoms with Gasteiger partial charge in [0.1, 0.15) is 23.3 Å². The topological polar surface area (TPSA) is 75.6 Å². The number of halogens is 1. The first-order valence-corrected chi connectivity index (χ1v) is 6.56. The summed E-state index contributed by atoms with van der Waals surface area (Å²) in [5.74, 6) is -0.310. The number of nitriles is 1. The SMILES string of the molecule is N#Cc1c(-c2ccncc2)cc(-c2ccccc2F)nc1N. The molecule has 0 aliphatic heterocycles. The molecular weight excluding hydrogens is 279 g/mol. The number of anilines is 1. The second kappa shape index (κ2) is 5.62. The fraction of sp³-hybridized carbons (Fsp3) is 0. The van der Waals surface area contributed by atoms with Crippen molar-refractivity contribution in [1.29, 1.82) is 5.26 Å². The fourth-order valence-corrected chi connectivity index (χ4v) is 2.25. The van der Waals surface area contributed by atoms with Crippen LogP contribution >= 0.6 is 0 Å². The molecule has 0 bridgehead atoms. The molecule has 0 saturated heterocycles. The van der Waals surface area contributed by atoms with Crippen molar-refractivity contribution in [2.24, 2.45) is 0 Å². The molecule has 3 rings (SSSR count). The summed E-state index contributed by atoms with van der Waals surface area (Å²) in [5, 5.41) is 9.32. The standard InChI is InChI=1S/C17H11FN4/c18-15-4-2-1-3-12(15)16-9-13(11-5-7-21-8-6-11)14(10-19)17(20)22-16/h1-9H,(H2,20,22). The third-order valence-electron chi connectivity index (χ3n) is 3.30. The van der Waals surface area contributed by atoms with Gasteiger partial charge in [-0.3, -0.25) is 4.98 Å². The number of nitrogens with two attached hydrogens (primary N) is 1. The predicted molar refractivity (Wildman–Crippen MR) is 82.0 cm³/mol. The van der Waals surface area contributed by atoms with Crippen LogP contribution in [-0.4, -0.2) is 9.97 Å². The summed E-state index contributed by atoms with van der Waals surface area (Å²) in [4.78, 5) is 8.11. The quantitative estimate of drug-likeness (QED) is 0.784. The maximum absolute atomic E-state index is 14.0. The molecule has 4 nitrogen and oxygen atoms in total. The van der Waals surface area contributed by atoms with Crippen molar-refractivity contribution in [2.75, 3.05) is 5.73 Å². The highest BCUT2D eigenvalue weighted by Gasteiger charge is 2.14. The molecule has 5 heteroatoms. The molecule has 106 valence electrons. The van der Waals surface area contributed by atoms with Crippen LogP contribution in [0.25, 0.3) is 22.4 Å². The molecule has 22 heavy (non-hydrogen) atoms. The first-order chi connectivity index (χ1) is 10.7. The van der Waals surface area contributed by atoms with Gasteiger partial charge in [0.05, 0.1) is 5.69 Å². The zero-order chi connectivity index (χ0) is 15.5. The van der Waals surface area contributed by atoms with Crippen molar-refractivity contribution in [2.45, 2.75) is 0 Å². The van der Waals surface area contributed by atoms with Gasteiger partial charge in [-0.1, -0.05) is 12.1 Å². The Morgan fingerprint density at radius 2 is 1.77 bits per heavy atom.